The lowest BCUT2D eigenvalue weighted by molar-refractivity contribution is 0.238. The molecule has 1 fully saturated rings. The first kappa shape index (κ1) is 18.4. The van der Waals surface area contributed by atoms with Crippen molar-refractivity contribution in [1.29, 1.82) is 0 Å². The number of hydrogen-bond donors (Lipinski definition) is 0. The van der Waals surface area contributed by atoms with E-state index in [2.05, 4.69) is 4.90 Å². The molecular weight excluding hydrogens is 357 g/mol. The van der Waals surface area contributed by atoms with E-state index in [9.17, 15) is 0 Å². The average molecular weight is 380 g/mol. The van der Waals surface area contributed by atoms with Crippen LogP contribution in [0, 0.1) is 5.92 Å². The van der Waals surface area contributed by atoms with Gasteiger partial charge in [-0.05, 0) is 55.2 Å². The second-order valence-corrected chi connectivity index (χ2v) is 7.40. The molecule has 0 unspecified atom stereocenters. The van der Waals surface area contributed by atoms with Crippen molar-refractivity contribution in [2.45, 2.75) is 25.9 Å². The molecule has 3 rings (SSSR count). The van der Waals surface area contributed by atoms with Crippen molar-refractivity contribution in [3.05, 3.63) is 57.6 Å². The molecule has 25 heavy (non-hydrogen) atoms. The van der Waals surface area contributed by atoms with Gasteiger partial charge in [0.15, 0.2) is 0 Å². The molecule has 2 aromatic rings. The van der Waals surface area contributed by atoms with Crippen molar-refractivity contribution in [3.8, 4) is 11.5 Å². The second-order valence-electron chi connectivity index (χ2n) is 6.53. The maximum Gasteiger partial charge on any atom is 0.123 e. The average Bonchev–Trinajstić information content (AvgIpc) is 3.39. The van der Waals surface area contributed by atoms with Gasteiger partial charge in [0.1, 0.15) is 11.5 Å². The zero-order chi connectivity index (χ0) is 17.8. The van der Waals surface area contributed by atoms with Crippen LogP contribution in [-0.2, 0) is 13.1 Å². The summed E-state index contributed by atoms with van der Waals surface area (Å²) in [6.07, 6.45) is 2.60. The van der Waals surface area contributed by atoms with Gasteiger partial charge in [-0.1, -0.05) is 23.2 Å². The fourth-order valence-electron chi connectivity index (χ4n) is 3.07. The lowest BCUT2D eigenvalue weighted by Crippen LogP contribution is -2.25. The summed E-state index contributed by atoms with van der Waals surface area (Å²) < 4.78 is 11.0. The molecule has 0 amide bonds. The number of halogens is 2. The van der Waals surface area contributed by atoms with Crippen LogP contribution in [-0.4, -0.2) is 25.7 Å². The quantitative estimate of drug-likeness (QED) is 0.610. The van der Waals surface area contributed by atoms with E-state index in [-0.39, 0.29) is 0 Å². The van der Waals surface area contributed by atoms with E-state index in [0.717, 1.165) is 58.2 Å². The van der Waals surface area contributed by atoms with E-state index in [0.29, 0.717) is 0 Å². The fourth-order valence-corrected chi connectivity index (χ4v) is 3.46. The molecule has 0 radical (unpaired) electrons. The number of hydrogen-bond acceptors (Lipinski definition) is 3. The second kappa shape index (κ2) is 8.31. The maximum atomic E-state index is 6.19. The Kier molecular flexibility index (Phi) is 6.10. The molecule has 0 aliphatic heterocycles. The summed E-state index contributed by atoms with van der Waals surface area (Å²) >= 11 is 12.4. The van der Waals surface area contributed by atoms with E-state index in [1.54, 1.807) is 14.2 Å². The number of methoxy groups -OCH3 is 2. The largest absolute Gasteiger partial charge is 0.496 e. The van der Waals surface area contributed by atoms with Crippen LogP contribution in [0.25, 0.3) is 0 Å². The van der Waals surface area contributed by atoms with Crippen molar-refractivity contribution in [3.63, 3.8) is 0 Å². The lowest BCUT2D eigenvalue weighted by Gasteiger charge is -2.24. The highest BCUT2D eigenvalue weighted by Gasteiger charge is 2.25. The Morgan fingerprint density at radius 2 is 1.36 bits per heavy atom. The Morgan fingerprint density at radius 3 is 1.76 bits per heavy atom. The Bertz CT molecular complexity index is 676. The standard InChI is InChI=1S/C20H23Cl2NO2/c1-24-19-7-5-17(21)9-15(19)12-23(11-14-3-4-14)13-16-10-18(22)6-8-20(16)25-2/h5-10,14H,3-4,11-13H2,1-2H3. The van der Waals surface area contributed by atoms with Crippen LogP contribution >= 0.6 is 23.2 Å². The highest BCUT2D eigenvalue weighted by Crippen LogP contribution is 2.33. The smallest absolute Gasteiger partial charge is 0.123 e. The fraction of sp³-hybridized carbons (Fsp3) is 0.400. The van der Waals surface area contributed by atoms with Gasteiger partial charge >= 0.3 is 0 Å². The molecule has 0 spiro atoms. The first-order chi connectivity index (χ1) is 12.1. The summed E-state index contributed by atoms with van der Waals surface area (Å²) in [6, 6.07) is 11.5. The molecule has 3 nitrogen and oxygen atoms in total. The van der Waals surface area contributed by atoms with Crippen molar-refractivity contribution >= 4 is 23.2 Å². The third kappa shape index (κ3) is 5.04. The van der Waals surface area contributed by atoms with Crippen LogP contribution in [0.3, 0.4) is 0 Å². The first-order valence-electron chi connectivity index (χ1n) is 8.46. The van der Waals surface area contributed by atoms with Crippen molar-refractivity contribution < 1.29 is 9.47 Å². The predicted octanol–water partition coefficient (Wildman–Crippen LogP) is 5.42. The SMILES string of the molecule is COc1ccc(Cl)cc1CN(Cc1cc(Cl)ccc1OC)CC1CC1. The molecule has 0 bridgehead atoms. The lowest BCUT2D eigenvalue weighted by atomic mass is 10.1. The van der Waals surface area contributed by atoms with Gasteiger partial charge in [0.2, 0.25) is 0 Å². The van der Waals surface area contributed by atoms with Crippen LogP contribution in [0.2, 0.25) is 10.0 Å². The molecular formula is C20H23Cl2NO2. The third-order valence-corrected chi connectivity index (χ3v) is 4.96. The minimum atomic E-state index is 0.725. The summed E-state index contributed by atoms with van der Waals surface area (Å²) in [6.45, 7) is 2.59. The summed E-state index contributed by atoms with van der Waals surface area (Å²) in [4.78, 5) is 2.42. The molecule has 1 aliphatic rings. The van der Waals surface area contributed by atoms with Crippen LogP contribution < -0.4 is 9.47 Å². The van der Waals surface area contributed by atoms with E-state index in [1.807, 2.05) is 36.4 Å². The van der Waals surface area contributed by atoms with Gasteiger partial charge in [0.25, 0.3) is 0 Å². The molecule has 2 aromatic carbocycles. The summed E-state index contributed by atoms with van der Waals surface area (Å²) in [7, 11) is 3.38. The van der Waals surface area contributed by atoms with Crippen LogP contribution in [0.4, 0.5) is 0 Å². The number of benzene rings is 2. The molecule has 0 saturated heterocycles. The van der Waals surface area contributed by atoms with Gasteiger partial charge < -0.3 is 9.47 Å². The Balaban J connectivity index is 1.83. The van der Waals surface area contributed by atoms with E-state index in [4.69, 9.17) is 32.7 Å². The van der Waals surface area contributed by atoms with Gasteiger partial charge in [-0.3, -0.25) is 4.90 Å². The van der Waals surface area contributed by atoms with Crippen LogP contribution in [0.1, 0.15) is 24.0 Å². The minimum Gasteiger partial charge on any atom is -0.496 e. The first-order valence-corrected chi connectivity index (χ1v) is 9.22. The molecule has 0 N–H and O–H groups in total. The molecule has 1 saturated carbocycles. The highest BCUT2D eigenvalue weighted by atomic mass is 35.5. The van der Waals surface area contributed by atoms with Gasteiger partial charge in [-0.2, -0.15) is 0 Å². The Morgan fingerprint density at radius 1 is 0.880 bits per heavy atom. The van der Waals surface area contributed by atoms with Gasteiger partial charge in [0.05, 0.1) is 14.2 Å². The zero-order valence-corrected chi connectivity index (χ0v) is 16.1. The van der Waals surface area contributed by atoms with Crippen molar-refractivity contribution in [2.75, 3.05) is 20.8 Å². The molecule has 134 valence electrons. The Labute approximate surface area is 159 Å². The predicted molar refractivity (Wildman–Crippen MR) is 103 cm³/mol. The normalized spacial score (nSPS) is 14.0. The van der Waals surface area contributed by atoms with E-state index in [1.165, 1.54) is 12.8 Å². The highest BCUT2D eigenvalue weighted by molar-refractivity contribution is 6.31. The zero-order valence-electron chi connectivity index (χ0n) is 14.6. The van der Waals surface area contributed by atoms with E-state index >= 15 is 0 Å². The number of nitrogens with zero attached hydrogens (tertiary/aromatic N) is 1. The van der Waals surface area contributed by atoms with Crippen LogP contribution in [0.5, 0.6) is 11.5 Å². The maximum absolute atomic E-state index is 6.19. The topological polar surface area (TPSA) is 21.7 Å². The van der Waals surface area contributed by atoms with Gasteiger partial charge in [-0.25, -0.2) is 0 Å². The summed E-state index contributed by atoms with van der Waals surface area (Å²) in [5, 5.41) is 1.45. The third-order valence-electron chi connectivity index (χ3n) is 4.49. The Hall–Kier alpha value is -1.42. The summed E-state index contributed by atoms with van der Waals surface area (Å²) in [5.41, 5.74) is 2.19. The van der Waals surface area contributed by atoms with Crippen molar-refractivity contribution in [1.82, 2.24) is 4.90 Å². The van der Waals surface area contributed by atoms with Gasteiger partial charge in [0, 0.05) is 40.8 Å². The van der Waals surface area contributed by atoms with Crippen LogP contribution in [0.15, 0.2) is 36.4 Å². The molecule has 1 aliphatic carbocycles. The van der Waals surface area contributed by atoms with Gasteiger partial charge in [-0.15, -0.1) is 0 Å². The van der Waals surface area contributed by atoms with E-state index < -0.39 is 0 Å². The number of ether oxygens (including phenoxy) is 2. The molecule has 5 heteroatoms. The molecule has 0 heterocycles. The monoisotopic (exact) mass is 379 g/mol. The minimum absolute atomic E-state index is 0.725. The number of rotatable bonds is 8. The molecule has 0 atom stereocenters. The molecule has 0 aromatic heterocycles. The van der Waals surface area contributed by atoms with Crippen molar-refractivity contribution in [2.24, 2.45) is 5.92 Å². The summed E-state index contributed by atoms with van der Waals surface area (Å²) in [5.74, 6) is 2.50.